The van der Waals surface area contributed by atoms with Crippen LogP contribution in [0.5, 0.6) is 0 Å². The van der Waals surface area contributed by atoms with E-state index in [4.69, 9.17) is 21.0 Å². The Hall–Kier alpha value is -4.09. The number of rotatable bonds is 8. The van der Waals surface area contributed by atoms with Crippen molar-refractivity contribution >= 4 is 41.0 Å². The van der Waals surface area contributed by atoms with Gasteiger partial charge in [-0.25, -0.2) is 4.98 Å². The smallest absolute Gasteiger partial charge is 0.227 e. The van der Waals surface area contributed by atoms with Gasteiger partial charge >= 0.3 is 0 Å². The van der Waals surface area contributed by atoms with Gasteiger partial charge in [0.05, 0.1) is 26.2 Å². The first-order chi connectivity index (χ1) is 25.6. The normalized spacial score (nSPS) is 20.4. The van der Waals surface area contributed by atoms with Gasteiger partial charge in [-0.15, -0.1) is 0 Å². The third kappa shape index (κ3) is 6.91. The SMILES string of the molecule is C=C1C/N=C(/C=C\CCC)c2c(ccc3c2oc2nc(CC(C)C)ccc23)CCC2c3ccccc3-c3cc(CC4CCCC4)c([Si](C)(C)C)c[n+]3C12. The van der Waals surface area contributed by atoms with Crippen LogP contribution < -0.4 is 9.75 Å². The minimum absolute atomic E-state index is 0.139. The first kappa shape index (κ1) is 35.9. The number of nitrogens with zero attached hydrogens (tertiary/aromatic N) is 3. The average molecular weight is 721 g/mol. The molecule has 5 heterocycles. The summed E-state index contributed by atoms with van der Waals surface area (Å²) in [5, 5.41) is 3.81. The van der Waals surface area contributed by atoms with Crippen molar-refractivity contribution in [1.29, 1.82) is 0 Å². The molecular formula is C48H58N3OSi+. The van der Waals surface area contributed by atoms with Crippen molar-refractivity contribution in [2.45, 2.75) is 117 Å². The Labute approximate surface area is 318 Å². The van der Waals surface area contributed by atoms with E-state index in [0.29, 0.717) is 18.4 Å². The predicted molar refractivity (Wildman–Crippen MR) is 225 cm³/mol. The topological polar surface area (TPSA) is 42.3 Å². The largest absolute Gasteiger partial charge is 0.437 e. The summed E-state index contributed by atoms with van der Waals surface area (Å²) in [5.41, 5.74) is 13.1. The molecule has 5 aromatic rings. The monoisotopic (exact) mass is 720 g/mol. The lowest BCUT2D eigenvalue weighted by molar-refractivity contribution is -0.708. The van der Waals surface area contributed by atoms with Crippen molar-refractivity contribution in [3.8, 4) is 11.3 Å². The molecule has 0 amide bonds. The Morgan fingerprint density at radius 3 is 2.57 bits per heavy atom. The van der Waals surface area contributed by atoms with E-state index in [0.717, 1.165) is 77.1 Å². The van der Waals surface area contributed by atoms with Crippen LogP contribution in [0.3, 0.4) is 0 Å². The molecule has 0 saturated heterocycles. The summed E-state index contributed by atoms with van der Waals surface area (Å²) in [6, 6.07) is 21.0. The van der Waals surface area contributed by atoms with Gasteiger partial charge in [0.1, 0.15) is 5.58 Å². The van der Waals surface area contributed by atoms with Gasteiger partial charge in [-0.05, 0) is 84.9 Å². The number of hydrogen-bond acceptors (Lipinski definition) is 3. The van der Waals surface area contributed by atoms with E-state index in [1.54, 1.807) is 10.8 Å². The highest BCUT2D eigenvalue weighted by Gasteiger charge is 2.43. The van der Waals surface area contributed by atoms with Crippen LogP contribution in [0.4, 0.5) is 0 Å². The van der Waals surface area contributed by atoms with E-state index in [9.17, 15) is 0 Å². The molecule has 274 valence electrons. The molecule has 53 heavy (non-hydrogen) atoms. The van der Waals surface area contributed by atoms with E-state index < -0.39 is 8.07 Å². The van der Waals surface area contributed by atoms with Crippen LogP contribution in [0.2, 0.25) is 19.6 Å². The molecule has 2 unspecified atom stereocenters. The summed E-state index contributed by atoms with van der Waals surface area (Å²) >= 11 is 0. The van der Waals surface area contributed by atoms with Crippen molar-refractivity contribution in [3.63, 3.8) is 0 Å². The minimum atomic E-state index is -1.65. The van der Waals surface area contributed by atoms with Gasteiger partial charge in [0.15, 0.2) is 12.2 Å². The third-order valence-electron chi connectivity index (χ3n) is 12.2. The van der Waals surface area contributed by atoms with Crippen LogP contribution >= 0.6 is 0 Å². The molecule has 0 spiro atoms. The van der Waals surface area contributed by atoms with Crippen LogP contribution in [-0.2, 0) is 19.3 Å². The zero-order valence-electron chi connectivity index (χ0n) is 33.0. The fourth-order valence-electron chi connectivity index (χ4n) is 9.63. The lowest BCUT2D eigenvalue weighted by atomic mass is 9.76. The van der Waals surface area contributed by atoms with Gasteiger partial charge in [0.25, 0.3) is 0 Å². The summed E-state index contributed by atoms with van der Waals surface area (Å²) in [6.45, 7) is 19.7. The van der Waals surface area contributed by atoms with Crippen molar-refractivity contribution in [2.75, 3.05) is 6.54 Å². The first-order valence-corrected chi connectivity index (χ1v) is 24.0. The second-order valence-corrected chi connectivity index (χ2v) is 22.7. The van der Waals surface area contributed by atoms with Gasteiger partial charge < -0.3 is 4.42 Å². The molecule has 3 aromatic heterocycles. The predicted octanol–water partition coefficient (Wildman–Crippen LogP) is 11.4. The van der Waals surface area contributed by atoms with Crippen molar-refractivity contribution in [3.05, 3.63) is 113 Å². The molecule has 4 nitrogen and oxygen atoms in total. The highest BCUT2D eigenvalue weighted by molar-refractivity contribution is 6.89. The second-order valence-electron chi connectivity index (χ2n) is 17.7. The number of benzene rings is 2. The van der Waals surface area contributed by atoms with Gasteiger partial charge in [-0.2, -0.15) is 4.57 Å². The number of aryl methyl sites for hydroxylation is 1. The van der Waals surface area contributed by atoms with Crippen LogP contribution in [0.1, 0.15) is 106 Å². The fraction of sp³-hybridized carbons (Fsp3) is 0.438. The quantitative estimate of drug-likeness (QED) is 0.0910. The molecular weight excluding hydrogens is 663 g/mol. The third-order valence-corrected chi connectivity index (χ3v) is 14.2. The van der Waals surface area contributed by atoms with E-state index in [1.807, 2.05) is 0 Å². The van der Waals surface area contributed by atoms with E-state index in [1.165, 1.54) is 60.1 Å². The second kappa shape index (κ2) is 14.6. The molecule has 8 rings (SSSR count). The Balaban J connectivity index is 1.28. The molecule has 1 saturated carbocycles. The fourth-order valence-corrected chi connectivity index (χ4v) is 11.3. The number of aliphatic imine (C=N–C) groups is 1. The van der Waals surface area contributed by atoms with Crippen molar-refractivity contribution < 1.29 is 8.98 Å². The number of furan rings is 1. The maximum absolute atomic E-state index is 6.77. The summed E-state index contributed by atoms with van der Waals surface area (Å²) in [7, 11) is -1.65. The van der Waals surface area contributed by atoms with Crippen molar-refractivity contribution in [2.24, 2.45) is 16.8 Å². The maximum Gasteiger partial charge on any atom is 0.227 e. The Morgan fingerprint density at radius 1 is 1.00 bits per heavy atom. The number of aromatic nitrogens is 2. The highest BCUT2D eigenvalue weighted by Crippen LogP contribution is 2.45. The molecule has 1 aliphatic carbocycles. The van der Waals surface area contributed by atoms with E-state index in [-0.39, 0.29) is 6.04 Å². The Bertz CT molecular complexity index is 2240. The van der Waals surface area contributed by atoms with Gasteiger partial charge in [-0.3, -0.25) is 4.99 Å². The summed E-state index contributed by atoms with van der Waals surface area (Å²) in [5.74, 6) is 1.64. The van der Waals surface area contributed by atoms with Crippen LogP contribution in [0.25, 0.3) is 33.3 Å². The minimum Gasteiger partial charge on any atom is -0.437 e. The molecule has 3 aliphatic rings. The summed E-state index contributed by atoms with van der Waals surface area (Å²) in [4.78, 5) is 10.5. The van der Waals surface area contributed by atoms with Crippen LogP contribution in [0, 0.1) is 11.8 Å². The summed E-state index contributed by atoms with van der Waals surface area (Å²) in [6.07, 6.45) is 18.8. The average Bonchev–Trinajstić information content (AvgIpc) is 3.78. The molecule has 1 fully saturated rings. The molecule has 0 bridgehead atoms. The van der Waals surface area contributed by atoms with Gasteiger partial charge in [-0.1, -0.05) is 116 Å². The molecule has 2 aliphatic heterocycles. The molecule has 0 N–H and O–H groups in total. The van der Waals surface area contributed by atoms with Crippen molar-refractivity contribution in [1.82, 2.24) is 4.98 Å². The molecule has 2 aromatic carbocycles. The standard InChI is InChI=1S/C48H58N3OSi/c1-8-9-10-19-42-45-34(21-24-40-41-25-22-36(26-31(2)3)50-48(41)52-47(40)45)20-23-39-37-17-13-14-18-38(37)43-28-35(27-33-15-11-12-16-33)44(53(5,6)7)30-51(43)46(39)32(4)29-49-42/h10,13-14,17-19,21-22,24-25,28,30-31,33,39,46H,4,8-9,11-12,15-16,20,23,26-27,29H2,1-3,5-7H3/q+1/b19-10-,49-42-. The zero-order chi connectivity index (χ0) is 36.9. The molecule has 2 atom stereocenters. The van der Waals surface area contributed by atoms with Gasteiger partial charge in [0.2, 0.25) is 11.4 Å². The molecule has 5 heteroatoms. The first-order valence-electron chi connectivity index (χ1n) is 20.5. The highest BCUT2D eigenvalue weighted by atomic mass is 28.3. The van der Waals surface area contributed by atoms with E-state index in [2.05, 4.69) is 118 Å². The van der Waals surface area contributed by atoms with Crippen LogP contribution in [-0.4, -0.2) is 25.3 Å². The summed E-state index contributed by atoms with van der Waals surface area (Å²) < 4.78 is 9.42. The number of pyridine rings is 2. The Morgan fingerprint density at radius 2 is 1.79 bits per heavy atom. The van der Waals surface area contributed by atoms with Gasteiger partial charge in [0, 0.05) is 44.4 Å². The number of unbranched alkanes of at least 4 members (excludes halogenated alkanes) is 1. The van der Waals surface area contributed by atoms with E-state index >= 15 is 0 Å². The Kier molecular flexibility index (Phi) is 9.91. The molecule has 0 radical (unpaired) electrons. The number of allylic oxidation sites excluding steroid dienone is 2. The zero-order valence-corrected chi connectivity index (χ0v) is 34.0. The van der Waals surface area contributed by atoms with Crippen LogP contribution in [0.15, 0.2) is 94.5 Å². The number of hydrogen-bond donors (Lipinski definition) is 0. The lowest BCUT2D eigenvalue weighted by Gasteiger charge is -2.34. The number of fused-ring (bicyclic) bond motifs is 11. The lowest BCUT2D eigenvalue weighted by Crippen LogP contribution is -2.54. The maximum atomic E-state index is 6.77.